The standard InChI is InChI=1S/C21H24N2O4/c1-26-18-9-8-16(14-19(18)27-2)20(24)22-17-10-12-23(13-11-17)21(25)15-6-4-3-5-7-15/h3-9,14,17H,10-13H2,1-2H3,(H,22,24). The molecule has 1 aliphatic heterocycles. The van der Waals surface area contributed by atoms with Crippen molar-refractivity contribution >= 4 is 11.8 Å². The Kier molecular flexibility index (Phi) is 5.96. The van der Waals surface area contributed by atoms with E-state index in [1.54, 1.807) is 32.4 Å². The number of piperidine rings is 1. The number of nitrogens with zero attached hydrogens (tertiary/aromatic N) is 1. The molecule has 0 spiro atoms. The van der Waals surface area contributed by atoms with Gasteiger partial charge in [0.05, 0.1) is 14.2 Å². The first-order valence-electron chi connectivity index (χ1n) is 8.99. The van der Waals surface area contributed by atoms with Gasteiger partial charge in [-0.15, -0.1) is 0 Å². The molecule has 1 fully saturated rings. The Morgan fingerprint density at radius 1 is 0.926 bits per heavy atom. The van der Waals surface area contributed by atoms with E-state index >= 15 is 0 Å². The Balaban J connectivity index is 1.56. The maximum Gasteiger partial charge on any atom is 0.253 e. The maximum absolute atomic E-state index is 12.5. The Morgan fingerprint density at radius 2 is 1.59 bits per heavy atom. The van der Waals surface area contributed by atoms with Crippen LogP contribution in [0, 0.1) is 0 Å². The molecule has 2 aromatic rings. The van der Waals surface area contributed by atoms with Crippen molar-refractivity contribution in [2.75, 3.05) is 27.3 Å². The molecule has 0 radical (unpaired) electrons. The summed E-state index contributed by atoms with van der Waals surface area (Å²) in [4.78, 5) is 26.9. The molecule has 6 nitrogen and oxygen atoms in total. The summed E-state index contributed by atoms with van der Waals surface area (Å²) in [6.45, 7) is 1.26. The van der Waals surface area contributed by atoms with Crippen LogP contribution in [0.25, 0.3) is 0 Å². The van der Waals surface area contributed by atoms with Crippen LogP contribution in [0.4, 0.5) is 0 Å². The van der Waals surface area contributed by atoms with Crippen LogP contribution in [0.15, 0.2) is 48.5 Å². The van der Waals surface area contributed by atoms with Crippen LogP contribution in [0.5, 0.6) is 11.5 Å². The maximum atomic E-state index is 12.5. The summed E-state index contributed by atoms with van der Waals surface area (Å²) < 4.78 is 10.4. The summed E-state index contributed by atoms with van der Waals surface area (Å²) in [6.07, 6.45) is 1.47. The third-order valence-corrected chi connectivity index (χ3v) is 4.78. The van der Waals surface area contributed by atoms with Gasteiger partial charge in [0.25, 0.3) is 11.8 Å². The lowest BCUT2D eigenvalue weighted by Crippen LogP contribution is -2.46. The van der Waals surface area contributed by atoms with E-state index in [2.05, 4.69) is 5.32 Å². The number of carbonyl (C=O) groups excluding carboxylic acids is 2. The van der Waals surface area contributed by atoms with Gasteiger partial charge in [0.2, 0.25) is 0 Å². The minimum Gasteiger partial charge on any atom is -0.493 e. The summed E-state index contributed by atoms with van der Waals surface area (Å²) in [7, 11) is 3.10. The molecule has 1 saturated heterocycles. The van der Waals surface area contributed by atoms with Crippen LogP contribution >= 0.6 is 0 Å². The third-order valence-electron chi connectivity index (χ3n) is 4.78. The van der Waals surface area contributed by atoms with Crippen molar-refractivity contribution in [2.45, 2.75) is 18.9 Å². The zero-order valence-electron chi connectivity index (χ0n) is 15.6. The highest BCUT2D eigenvalue weighted by Gasteiger charge is 2.25. The van der Waals surface area contributed by atoms with Gasteiger partial charge >= 0.3 is 0 Å². The van der Waals surface area contributed by atoms with Crippen molar-refractivity contribution in [1.82, 2.24) is 10.2 Å². The first-order valence-corrected chi connectivity index (χ1v) is 8.99. The van der Waals surface area contributed by atoms with Crippen molar-refractivity contribution in [3.05, 3.63) is 59.7 Å². The molecule has 2 aromatic carbocycles. The van der Waals surface area contributed by atoms with Gasteiger partial charge in [0.15, 0.2) is 11.5 Å². The molecule has 0 bridgehead atoms. The predicted molar refractivity (Wildman–Crippen MR) is 102 cm³/mol. The number of nitrogens with one attached hydrogen (secondary N) is 1. The lowest BCUT2D eigenvalue weighted by Gasteiger charge is -2.32. The Hall–Kier alpha value is -3.02. The quantitative estimate of drug-likeness (QED) is 0.881. The van der Waals surface area contributed by atoms with E-state index in [-0.39, 0.29) is 17.9 Å². The van der Waals surface area contributed by atoms with Crippen LogP contribution in [0.1, 0.15) is 33.6 Å². The molecular weight excluding hydrogens is 344 g/mol. The molecule has 1 aliphatic rings. The lowest BCUT2D eigenvalue weighted by atomic mass is 10.0. The minimum atomic E-state index is -0.149. The fourth-order valence-corrected chi connectivity index (χ4v) is 3.24. The first-order chi connectivity index (χ1) is 13.1. The van der Waals surface area contributed by atoms with Crippen molar-refractivity contribution in [3.63, 3.8) is 0 Å². The second-order valence-electron chi connectivity index (χ2n) is 6.48. The van der Waals surface area contributed by atoms with Gasteiger partial charge in [-0.25, -0.2) is 0 Å². The Bertz CT molecular complexity index is 799. The van der Waals surface area contributed by atoms with E-state index in [4.69, 9.17) is 9.47 Å². The fraction of sp³-hybridized carbons (Fsp3) is 0.333. The smallest absolute Gasteiger partial charge is 0.253 e. The number of ether oxygens (including phenoxy) is 2. The van der Waals surface area contributed by atoms with Gasteiger partial charge in [-0.1, -0.05) is 18.2 Å². The second kappa shape index (κ2) is 8.58. The van der Waals surface area contributed by atoms with Crippen LogP contribution in [0.2, 0.25) is 0 Å². The average Bonchev–Trinajstić information content (AvgIpc) is 2.73. The predicted octanol–water partition coefficient (Wildman–Crippen LogP) is 2.74. The van der Waals surface area contributed by atoms with Crippen LogP contribution in [-0.4, -0.2) is 50.1 Å². The topological polar surface area (TPSA) is 67.9 Å². The molecule has 142 valence electrons. The molecule has 6 heteroatoms. The molecule has 3 rings (SSSR count). The van der Waals surface area contributed by atoms with E-state index in [1.807, 2.05) is 35.2 Å². The third kappa shape index (κ3) is 4.39. The van der Waals surface area contributed by atoms with Crippen LogP contribution in [0.3, 0.4) is 0 Å². The molecular formula is C21H24N2O4. The number of carbonyl (C=O) groups is 2. The van der Waals surface area contributed by atoms with Gasteiger partial charge in [-0.2, -0.15) is 0 Å². The second-order valence-corrected chi connectivity index (χ2v) is 6.48. The molecule has 0 unspecified atom stereocenters. The van der Waals surface area contributed by atoms with Gasteiger partial charge in [0, 0.05) is 30.3 Å². The molecule has 1 heterocycles. The van der Waals surface area contributed by atoms with Crippen LogP contribution < -0.4 is 14.8 Å². The molecule has 0 atom stereocenters. The Labute approximate surface area is 159 Å². The van der Waals surface area contributed by atoms with Crippen molar-refractivity contribution in [1.29, 1.82) is 0 Å². The summed E-state index contributed by atoms with van der Waals surface area (Å²) in [5.74, 6) is 0.999. The summed E-state index contributed by atoms with van der Waals surface area (Å²) in [5, 5.41) is 3.05. The van der Waals surface area contributed by atoms with E-state index in [9.17, 15) is 9.59 Å². The van der Waals surface area contributed by atoms with Crippen LogP contribution in [-0.2, 0) is 0 Å². The normalized spacial score (nSPS) is 14.5. The molecule has 1 N–H and O–H groups in total. The minimum absolute atomic E-state index is 0.0419. The summed E-state index contributed by atoms with van der Waals surface area (Å²) >= 11 is 0. The van der Waals surface area contributed by atoms with Crippen molar-refractivity contribution < 1.29 is 19.1 Å². The number of likely N-dealkylation sites (tertiary alicyclic amines) is 1. The van der Waals surface area contributed by atoms with Gasteiger partial charge in [-0.3, -0.25) is 9.59 Å². The summed E-state index contributed by atoms with van der Waals surface area (Å²) in [6, 6.07) is 14.4. The monoisotopic (exact) mass is 368 g/mol. The van der Waals surface area contributed by atoms with E-state index in [0.29, 0.717) is 35.7 Å². The lowest BCUT2D eigenvalue weighted by molar-refractivity contribution is 0.0698. The van der Waals surface area contributed by atoms with Gasteiger partial charge in [0.1, 0.15) is 0 Å². The van der Waals surface area contributed by atoms with Crippen molar-refractivity contribution in [3.8, 4) is 11.5 Å². The molecule has 0 aliphatic carbocycles. The number of hydrogen-bond acceptors (Lipinski definition) is 4. The summed E-state index contributed by atoms with van der Waals surface area (Å²) in [5.41, 5.74) is 1.22. The van der Waals surface area contributed by atoms with Gasteiger partial charge in [-0.05, 0) is 43.2 Å². The highest BCUT2D eigenvalue weighted by atomic mass is 16.5. The molecule has 2 amide bonds. The molecule has 27 heavy (non-hydrogen) atoms. The van der Waals surface area contributed by atoms with Crippen molar-refractivity contribution in [2.24, 2.45) is 0 Å². The van der Waals surface area contributed by atoms with E-state index in [0.717, 1.165) is 12.8 Å². The number of amides is 2. The first kappa shape index (κ1) is 18.8. The van der Waals surface area contributed by atoms with E-state index < -0.39 is 0 Å². The molecule has 0 aromatic heterocycles. The zero-order chi connectivity index (χ0) is 19.2. The Morgan fingerprint density at radius 3 is 2.22 bits per heavy atom. The molecule has 0 saturated carbocycles. The number of rotatable bonds is 5. The van der Waals surface area contributed by atoms with E-state index in [1.165, 1.54) is 0 Å². The number of methoxy groups -OCH3 is 2. The largest absolute Gasteiger partial charge is 0.493 e. The SMILES string of the molecule is COc1ccc(C(=O)NC2CCN(C(=O)c3ccccc3)CC2)cc1OC. The highest BCUT2D eigenvalue weighted by molar-refractivity contribution is 5.95. The number of hydrogen-bond donors (Lipinski definition) is 1. The zero-order valence-corrected chi connectivity index (χ0v) is 15.6. The average molecular weight is 368 g/mol. The fourth-order valence-electron chi connectivity index (χ4n) is 3.24. The highest BCUT2D eigenvalue weighted by Crippen LogP contribution is 2.27. The number of benzene rings is 2. The van der Waals surface area contributed by atoms with Gasteiger partial charge < -0.3 is 19.7 Å².